The number of hydrogen-bond donors (Lipinski definition) is 1. The summed E-state index contributed by atoms with van der Waals surface area (Å²) in [4.78, 5) is 16.5. The van der Waals surface area contributed by atoms with E-state index in [0.29, 0.717) is 24.1 Å². The zero-order chi connectivity index (χ0) is 17.0. The lowest BCUT2D eigenvalue weighted by Gasteiger charge is -2.19. The van der Waals surface area contributed by atoms with Crippen molar-refractivity contribution in [3.05, 3.63) is 34.6 Å². The van der Waals surface area contributed by atoms with Gasteiger partial charge in [0.25, 0.3) is 0 Å². The summed E-state index contributed by atoms with van der Waals surface area (Å²) in [6, 6.07) is 7.41. The van der Waals surface area contributed by atoms with Crippen molar-refractivity contribution in [2.45, 2.75) is 40.2 Å². The zero-order valence-corrected chi connectivity index (χ0v) is 15.4. The highest BCUT2D eigenvalue weighted by molar-refractivity contribution is 9.10. The van der Waals surface area contributed by atoms with Gasteiger partial charge in [-0.1, -0.05) is 48.8 Å². The van der Waals surface area contributed by atoms with Gasteiger partial charge in [-0.2, -0.15) is 4.98 Å². The number of rotatable bonds is 6. The van der Waals surface area contributed by atoms with Crippen molar-refractivity contribution in [3.63, 3.8) is 0 Å². The molecule has 0 aliphatic heterocycles. The normalized spacial score (nSPS) is 12.7. The Morgan fingerprint density at radius 2 is 1.87 bits per heavy atom. The monoisotopic (exact) mass is 379 g/mol. The lowest BCUT2D eigenvalue weighted by Crippen LogP contribution is -2.32. The second kappa shape index (κ2) is 7.73. The van der Waals surface area contributed by atoms with Crippen molar-refractivity contribution >= 4 is 21.8 Å². The number of benzene rings is 1. The van der Waals surface area contributed by atoms with Crippen LogP contribution in [0.5, 0.6) is 0 Å². The van der Waals surface area contributed by atoms with Crippen LogP contribution in [0.1, 0.15) is 46.0 Å². The first-order chi connectivity index (χ1) is 10.9. The molecule has 124 valence electrons. The Morgan fingerprint density at radius 3 is 2.43 bits per heavy atom. The maximum atomic E-state index is 12.0. The number of carbonyl (C=O) groups excluding carboxylic acids is 1. The van der Waals surface area contributed by atoms with Crippen LogP contribution in [0.2, 0.25) is 0 Å². The SMILES string of the molecule is CC(C)CC(=O)N[C@H](c1nc(-c2ccc(Br)cc2)no1)C(C)C. The number of carbonyl (C=O) groups is 1. The Balaban J connectivity index is 2.17. The highest BCUT2D eigenvalue weighted by Gasteiger charge is 2.25. The summed E-state index contributed by atoms with van der Waals surface area (Å²) >= 11 is 3.40. The van der Waals surface area contributed by atoms with E-state index in [1.165, 1.54) is 0 Å². The molecular formula is C17H22BrN3O2. The highest BCUT2D eigenvalue weighted by Crippen LogP contribution is 2.24. The Labute approximate surface area is 145 Å². The molecule has 0 bridgehead atoms. The molecule has 0 spiro atoms. The number of hydrogen-bond acceptors (Lipinski definition) is 4. The molecule has 0 aliphatic rings. The largest absolute Gasteiger partial charge is 0.344 e. The maximum absolute atomic E-state index is 12.0. The molecule has 5 nitrogen and oxygen atoms in total. The molecule has 2 rings (SSSR count). The summed E-state index contributed by atoms with van der Waals surface area (Å²) in [6.45, 7) is 8.07. The van der Waals surface area contributed by atoms with Crippen LogP contribution in [0.4, 0.5) is 0 Å². The molecule has 1 heterocycles. The van der Waals surface area contributed by atoms with Gasteiger partial charge in [0.1, 0.15) is 6.04 Å². The van der Waals surface area contributed by atoms with Gasteiger partial charge in [-0.25, -0.2) is 0 Å². The molecule has 0 fully saturated rings. The lowest BCUT2D eigenvalue weighted by molar-refractivity contribution is -0.123. The second-order valence-corrected chi connectivity index (χ2v) is 7.27. The van der Waals surface area contributed by atoms with Crippen molar-refractivity contribution in [2.75, 3.05) is 0 Å². The molecule has 1 amide bonds. The molecule has 0 saturated heterocycles. The standard InChI is InChI=1S/C17H22BrN3O2/c1-10(2)9-14(22)19-15(11(3)4)17-20-16(21-23-17)12-5-7-13(18)8-6-12/h5-8,10-11,15H,9H2,1-4H3,(H,19,22)/t15-/m0/s1. The molecule has 1 aromatic heterocycles. The van der Waals surface area contributed by atoms with Gasteiger partial charge in [0.2, 0.25) is 17.6 Å². The van der Waals surface area contributed by atoms with E-state index in [1.807, 2.05) is 52.0 Å². The average molecular weight is 380 g/mol. The predicted molar refractivity (Wildman–Crippen MR) is 92.6 cm³/mol. The minimum Gasteiger partial charge on any atom is -0.344 e. The van der Waals surface area contributed by atoms with Crippen LogP contribution in [0.3, 0.4) is 0 Å². The molecule has 0 saturated carbocycles. The Morgan fingerprint density at radius 1 is 1.22 bits per heavy atom. The van der Waals surface area contributed by atoms with Crippen LogP contribution in [-0.4, -0.2) is 16.0 Å². The van der Waals surface area contributed by atoms with Gasteiger partial charge in [0.15, 0.2) is 0 Å². The minimum absolute atomic E-state index is 0.00194. The molecule has 1 atom stereocenters. The summed E-state index contributed by atoms with van der Waals surface area (Å²) in [5.74, 6) is 1.43. The van der Waals surface area contributed by atoms with Crippen LogP contribution in [0.25, 0.3) is 11.4 Å². The topological polar surface area (TPSA) is 68.0 Å². The molecule has 1 aromatic carbocycles. The minimum atomic E-state index is -0.280. The molecule has 0 radical (unpaired) electrons. The van der Waals surface area contributed by atoms with Crippen LogP contribution >= 0.6 is 15.9 Å². The fourth-order valence-electron chi connectivity index (χ4n) is 2.19. The molecule has 0 unspecified atom stereocenters. The van der Waals surface area contributed by atoms with Crippen molar-refractivity contribution in [3.8, 4) is 11.4 Å². The lowest BCUT2D eigenvalue weighted by atomic mass is 10.0. The quantitative estimate of drug-likeness (QED) is 0.809. The molecule has 1 N–H and O–H groups in total. The number of nitrogens with zero attached hydrogens (tertiary/aromatic N) is 2. The Hall–Kier alpha value is -1.69. The summed E-state index contributed by atoms with van der Waals surface area (Å²) < 4.78 is 6.38. The fraction of sp³-hybridized carbons (Fsp3) is 0.471. The van der Waals surface area contributed by atoms with E-state index in [-0.39, 0.29) is 17.9 Å². The third-order valence-electron chi connectivity index (χ3n) is 3.39. The van der Waals surface area contributed by atoms with Crippen LogP contribution in [0, 0.1) is 11.8 Å². The van der Waals surface area contributed by atoms with Crippen molar-refractivity contribution in [1.82, 2.24) is 15.5 Å². The number of amides is 1. The van der Waals surface area contributed by atoms with E-state index in [1.54, 1.807) is 0 Å². The second-order valence-electron chi connectivity index (χ2n) is 6.35. The molecule has 2 aromatic rings. The van der Waals surface area contributed by atoms with Crippen LogP contribution in [0.15, 0.2) is 33.3 Å². The van der Waals surface area contributed by atoms with Crippen molar-refractivity contribution in [1.29, 1.82) is 0 Å². The number of aromatic nitrogens is 2. The fourth-order valence-corrected chi connectivity index (χ4v) is 2.46. The molecule has 0 aliphatic carbocycles. The van der Waals surface area contributed by atoms with Gasteiger partial charge in [0.05, 0.1) is 0 Å². The van der Waals surface area contributed by atoms with Gasteiger partial charge in [0, 0.05) is 16.5 Å². The third-order valence-corrected chi connectivity index (χ3v) is 3.92. The van der Waals surface area contributed by atoms with E-state index in [4.69, 9.17) is 4.52 Å². The molecular weight excluding hydrogens is 358 g/mol. The number of halogens is 1. The number of nitrogens with one attached hydrogen (secondary N) is 1. The smallest absolute Gasteiger partial charge is 0.249 e. The van der Waals surface area contributed by atoms with Crippen LogP contribution in [-0.2, 0) is 4.79 Å². The summed E-state index contributed by atoms with van der Waals surface area (Å²) in [5, 5.41) is 7.03. The highest BCUT2D eigenvalue weighted by atomic mass is 79.9. The van der Waals surface area contributed by atoms with Gasteiger partial charge in [-0.15, -0.1) is 0 Å². The predicted octanol–water partition coefficient (Wildman–Crippen LogP) is 4.36. The van der Waals surface area contributed by atoms with E-state index in [9.17, 15) is 4.79 Å². The van der Waals surface area contributed by atoms with Crippen LogP contribution < -0.4 is 5.32 Å². The van der Waals surface area contributed by atoms with Gasteiger partial charge in [-0.05, 0) is 36.1 Å². The summed E-state index contributed by atoms with van der Waals surface area (Å²) in [6.07, 6.45) is 0.483. The van der Waals surface area contributed by atoms with Gasteiger partial charge >= 0.3 is 0 Å². The first-order valence-corrected chi connectivity index (χ1v) is 8.55. The zero-order valence-electron chi connectivity index (χ0n) is 13.8. The molecule has 6 heteroatoms. The van der Waals surface area contributed by atoms with E-state index in [2.05, 4.69) is 31.4 Å². The third kappa shape index (κ3) is 4.89. The van der Waals surface area contributed by atoms with E-state index < -0.39 is 0 Å². The maximum Gasteiger partial charge on any atom is 0.249 e. The first kappa shape index (κ1) is 17.7. The van der Waals surface area contributed by atoms with E-state index in [0.717, 1.165) is 10.0 Å². The van der Waals surface area contributed by atoms with Gasteiger partial charge in [-0.3, -0.25) is 4.79 Å². The first-order valence-electron chi connectivity index (χ1n) is 7.75. The average Bonchev–Trinajstić information content (AvgIpc) is 2.94. The Kier molecular flexibility index (Phi) is 5.93. The van der Waals surface area contributed by atoms with E-state index >= 15 is 0 Å². The summed E-state index contributed by atoms with van der Waals surface area (Å²) in [7, 11) is 0. The molecule has 23 heavy (non-hydrogen) atoms. The van der Waals surface area contributed by atoms with Crippen molar-refractivity contribution in [2.24, 2.45) is 11.8 Å². The summed E-state index contributed by atoms with van der Waals surface area (Å²) in [5.41, 5.74) is 0.874. The Bertz CT molecular complexity index is 650. The van der Waals surface area contributed by atoms with Crippen molar-refractivity contribution < 1.29 is 9.32 Å². The van der Waals surface area contributed by atoms with Gasteiger partial charge < -0.3 is 9.84 Å².